The molecule has 2 aromatic rings. The second-order valence-electron chi connectivity index (χ2n) is 5.16. The second kappa shape index (κ2) is 5.69. The molecule has 0 aromatic carbocycles. The molecule has 7 heteroatoms. The summed E-state index contributed by atoms with van der Waals surface area (Å²) < 4.78 is 7.07. The highest BCUT2D eigenvalue weighted by atomic mass is 16.5. The van der Waals surface area contributed by atoms with Gasteiger partial charge in [-0.1, -0.05) is 6.92 Å². The van der Waals surface area contributed by atoms with E-state index in [9.17, 15) is 9.90 Å². The van der Waals surface area contributed by atoms with Gasteiger partial charge in [-0.25, -0.2) is 9.50 Å². The van der Waals surface area contributed by atoms with Crippen molar-refractivity contribution in [1.82, 2.24) is 14.6 Å². The number of ether oxygens (including phenoxy) is 1. The number of hydrogen-bond donors (Lipinski definition) is 1. The molecular weight excluding hydrogens is 272 g/mol. The molecule has 0 spiro atoms. The average Bonchev–Trinajstić information content (AvgIpc) is 3.12. The fourth-order valence-corrected chi connectivity index (χ4v) is 2.74. The summed E-state index contributed by atoms with van der Waals surface area (Å²) in [6.45, 7) is 3.49. The summed E-state index contributed by atoms with van der Waals surface area (Å²) in [6.07, 6.45) is 4.44. The van der Waals surface area contributed by atoms with Crippen molar-refractivity contribution in [3.63, 3.8) is 0 Å². The summed E-state index contributed by atoms with van der Waals surface area (Å²) in [5.41, 5.74) is 0.749. The molecule has 1 aliphatic heterocycles. The zero-order valence-corrected chi connectivity index (χ0v) is 11.8. The Balaban J connectivity index is 1.94. The maximum Gasteiger partial charge on any atom is 0.311 e. The summed E-state index contributed by atoms with van der Waals surface area (Å²) in [7, 11) is 0. The van der Waals surface area contributed by atoms with E-state index in [-0.39, 0.29) is 12.6 Å². The first kappa shape index (κ1) is 13.8. The number of carboxylic acids is 1. The van der Waals surface area contributed by atoms with Crippen molar-refractivity contribution >= 4 is 17.4 Å². The van der Waals surface area contributed by atoms with E-state index in [4.69, 9.17) is 4.74 Å². The van der Waals surface area contributed by atoms with Crippen molar-refractivity contribution in [2.75, 3.05) is 24.7 Å². The van der Waals surface area contributed by atoms with E-state index in [1.165, 1.54) is 0 Å². The van der Waals surface area contributed by atoms with Crippen LogP contribution in [0.15, 0.2) is 24.5 Å². The normalized spacial score (nSPS) is 21.8. The smallest absolute Gasteiger partial charge is 0.311 e. The summed E-state index contributed by atoms with van der Waals surface area (Å²) in [4.78, 5) is 18.0. The second-order valence-corrected chi connectivity index (χ2v) is 5.16. The number of fused-ring (bicyclic) bond motifs is 1. The summed E-state index contributed by atoms with van der Waals surface area (Å²) in [5, 5.41) is 13.5. The molecule has 2 aromatic heterocycles. The van der Waals surface area contributed by atoms with Gasteiger partial charge in [0.25, 0.3) is 0 Å². The van der Waals surface area contributed by atoms with Crippen LogP contribution in [0, 0.1) is 5.92 Å². The molecule has 0 radical (unpaired) electrons. The standard InChI is InChI=1S/C14H18N4O3/c1-2-6-17(11-9-21-8-10(11)14(19)20)12-4-7-18-13(16-12)3-5-15-18/h3-5,7,10-11H,2,6,8-9H2,1H3,(H,19,20). The predicted octanol–water partition coefficient (Wildman–Crippen LogP) is 1.05. The molecule has 1 aliphatic rings. The minimum Gasteiger partial charge on any atom is -0.481 e. The highest BCUT2D eigenvalue weighted by molar-refractivity contribution is 5.72. The Bertz CT molecular complexity index is 642. The zero-order valence-electron chi connectivity index (χ0n) is 11.8. The van der Waals surface area contributed by atoms with Crippen molar-refractivity contribution in [2.24, 2.45) is 5.92 Å². The summed E-state index contributed by atoms with van der Waals surface area (Å²) in [5.74, 6) is -0.560. The number of aromatic nitrogens is 3. The molecule has 21 heavy (non-hydrogen) atoms. The Morgan fingerprint density at radius 2 is 2.38 bits per heavy atom. The van der Waals surface area contributed by atoms with E-state index in [0.717, 1.165) is 24.4 Å². The monoisotopic (exact) mass is 290 g/mol. The molecule has 0 amide bonds. The van der Waals surface area contributed by atoms with E-state index >= 15 is 0 Å². The maximum atomic E-state index is 11.4. The van der Waals surface area contributed by atoms with Crippen LogP contribution in [0.4, 0.5) is 5.82 Å². The van der Waals surface area contributed by atoms with E-state index in [2.05, 4.69) is 17.0 Å². The molecule has 0 bridgehead atoms. The number of anilines is 1. The maximum absolute atomic E-state index is 11.4. The third-order valence-electron chi connectivity index (χ3n) is 3.77. The number of rotatable bonds is 5. The summed E-state index contributed by atoms with van der Waals surface area (Å²) in [6, 6.07) is 3.51. The zero-order chi connectivity index (χ0) is 14.8. The van der Waals surface area contributed by atoms with Crippen molar-refractivity contribution in [3.8, 4) is 0 Å². The minimum absolute atomic E-state index is 0.180. The largest absolute Gasteiger partial charge is 0.481 e. The van der Waals surface area contributed by atoms with Crippen molar-refractivity contribution < 1.29 is 14.6 Å². The number of carbonyl (C=O) groups is 1. The SMILES string of the molecule is CCCN(c1ccn2nccc2n1)C1COCC1C(=O)O. The molecule has 0 aliphatic carbocycles. The van der Waals surface area contributed by atoms with Crippen molar-refractivity contribution in [3.05, 3.63) is 24.5 Å². The fraction of sp³-hybridized carbons (Fsp3) is 0.500. The van der Waals surface area contributed by atoms with E-state index in [0.29, 0.717) is 6.61 Å². The van der Waals surface area contributed by atoms with E-state index < -0.39 is 11.9 Å². The molecule has 1 N–H and O–H groups in total. The Morgan fingerprint density at radius 1 is 1.52 bits per heavy atom. The molecular formula is C14H18N4O3. The molecule has 2 atom stereocenters. The molecule has 1 saturated heterocycles. The number of hydrogen-bond acceptors (Lipinski definition) is 5. The van der Waals surface area contributed by atoms with E-state index in [1.807, 2.05) is 23.2 Å². The highest BCUT2D eigenvalue weighted by Crippen LogP contribution is 2.25. The van der Waals surface area contributed by atoms with Crippen LogP contribution in [-0.2, 0) is 9.53 Å². The third-order valence-corrected chi connectivity index (χ3v) is 3.77. The van der Waals surface area contributed by atoms with Gasteiger partial charge in [-0.05, 0) is 12.5 Å². The topological polar surface area (TPSA) is 80.0 Å². The van der Waals surface area contributed by atoms with Gasteiger partial charge in [-0.15, -0.1) is 0 Å². The van der Waals surface area contributed by atoms with Gasteiger partial charge in [0, 0.05) is 18.8 Å². The molecule has 3 heterocycles. The molecule has 2 unspecified atom stereocenters. The van der Waals surface area contributed by atoms with Gasteiger partial charge in [-0.3, -0.25) is 4.79 Å². The average molecular weight is 290 g/mol. The Kier molecular flexibility index (Phi) is 3.74. The van der Waals surface area contributed by atoms with Crippen molar-refractivity contribution in [1.29, 1.82) is 0 Å². The fourth-order valence-electron chi connectivity index (χ4n) is 2.74. The first-order valence-electron chi connectivity index (χ1n) is 7.08. The first-order valence-corrected chi connectivity index (χ1v) is 7.08. The van der Waals surface area contributed by atoms with Crippen LogP contribution >= 0.6 is 0 Å². The van der Waals surface area contributed by atoms with Crippen LogP contribution < -0.4 is 4.90 Å². The van der Waals surface area contributed by atoms with Crippen molar-refractivity contribution in [2.45, 2.75) is 19.4 Å². The number of nitrogens with zero attached hydrogens (tertiary/aromatic N) is 4. The molecule has 3 rings (SSSR count). The van der Waals surface area contributed by atoms with Crippen LogP contribution in [-0.4, -0.2) is 51.5 Å². The molecule has 112 valence electrons. The van der Waals surface area contributed by atoms with Gasteiger partial charge in [0.05, 0.1) is 25.5 Å². The van der Waals surface area contributed by atoms with Crippen LogP contribution in [0.5, 0.6) is 0 Å². The van der Waals surface area contributed by atoms with Crippen LogP contribution in [0.3, 0.4) is 0 Å². The predicted molar refractivity (Wildman–Crippen MR) is 76.4 cm³/mol. The van der Waals surface area contributed by atoms with Crippen LogP contribution in [0.25, 0.3) is 5.65 Å². The molecule has 0 saturated carbocycles. The van der Waals surface area contributed by atoms with Gasteiger partial charge in [-0.2, -0.15) is 5.10 Å². The van der Waals surface area contributed by atoms with Gasteiger partial charge >= 0.3 is 5.97 Å². The first-order chi connectivity index (χ1) is 10.2. The Hall–Kier alpha value is -2.15. The lowest BCUT2D eigenvalue weighted by molar-refractivity contribution is -0.141. The Labute approximate surface area is 122 Å². The van der Waals surface area contributed by atoms with Gasteiger partial charge < -0.3 is 14.7 Å². The highest BCUT2D eigenvalue weighted by Gasteiger charge is 2.38. The molecule has 7 nitrogen and oxygen atoms in total. The van der Waals surface area contributed by atoms with E-state index in [1.54, 1.807) is 10.7 Å². The van der Waals surface area contributed by atoms with Gasteiger partial charge in [0.1, 0.15) is 11.7 Å². The number of carboxylic acid groups (broad SMARTS) is 1. The van der Waals surface area contributed by atoms with Crippen LogP contribution in [0.2, 0.25) is 0 Å². The lowest BCUT2D eigenvalue weighted by Crippen LogP contribution is -2.44. The molecule has 1 fully saturated rings. The van der Waals surface area contributed by atoms with Crippen LogP contribution in [0.1, 0.15) is 13.3 Å². The minimum atomic E-state index is -0.816. The summed E-state index contributed by atoms with van der Waals surface area (Å²) >= 11 is 0. The lowest BCUT2D eigenvalue weighted by atomic mass is 10.0. The third kappa shape index (κ3) is 2.56. The Morgan fingerprint density at radius 3 is 3.14 bits per heavy atom. The number of aliphatic carboxylic acids is 1. The lowest BCUT2D eigenvalue weighted by Gasteiger charge is -2.31. The van der Waals surface area contributed by atoms with Gasteiger partial charge in [0.15, 0.2) is 5.65 Å². The quantitative estimate of drug-likeness (QED) is 0.886. The van der Waals surface area contributed by atoms with Gasteiger partial charge in [0.2, 0.25) is 0 Å².